The second kappa shape index (κ2) is 4.63. The number of benzene rings is 1. The molecule has 1 aromatic rings. The monoisotopic (exact) mass is 219 g/mol. The number of hydrogen-bond donors (Lipinski definition) is 2. The third-order valence-electron chi connectivity index (χ3n) is 2.96. The van der Waals surface area contributed by atoms with Gasteiger partial charge in [0, 0.05) is 12.1 Å². The van der Waals surface area contributed by atoms with Crippen LogP contribution in [0.1, 0.15) is 17.5 Å². The average Bonchev–Trinajstić information content (AvgIpc) is 2.30. The number of fused-ring (bicyclic) bond motifs is 1. The fourth-order valence-corrected chi connectivity index (χ4v) is 2.14. The molecule has 0 saturated carbocycles. The lowest BCUT2D eigenvalue weighted by molar-refractivity contribution is -0.118. The third-order valence-corrected chi connectivity index (χ3v) is 2.96. The molecule has 0 saturated heterocycles. The van der Waals surface area contributed by atoms with Crippen LogP contribution in [0.25, 0.3) is 0 Å². The molecule has 4 nitrogen and oxygen atoms in total. The number of carbonyl (C=O) groups is 1. The van der Waals surface area contributed by atoms with Crippen LogP contribution in [0.3, 0.4) is 0 Å². The van der Waals surface area contributed by atoms with Crippen LogP contribution in [-0.2, 0) is 17.6 Å². The molecule has 1 aromatic carbocycles. The molecule has 86 valence electrons. The van der Waals surface area contributed by atoms with Crippen molar-refractivity contribution >= 4 is 11.6 Å². The van der Waals surface area contributed by atoms with Crippen molar-refractivity contribution in [2.45, 2.75) is 19.3 Å². The first kappa shape index (κ1) is 11.1. The molecule has 1 heterocycles. The fourth-order valence-electron chi connectivity index (χ4n) is 2.14. The quantitative estimate of drug-likeness (QED) is 0.772. The second-order valence-electron chi connectivity index (χ2n) is 4.01. The van der Waals surface area contributed by atoms with Gasteiger partial charge >= 0.3 is 0 Å². The van der Waals surface area contributed by atoms with Crippen LogP contribution in [-0.4, -0.2) is 19.1 Å². The molecule has 0 fully saturated rings. The molecule has 4 heteroatoms. The minimum atomic E-state index is 0.113. The Morgan fingerprint density at radius 1 is 1.25 bits per heavy atom. The molecule has 2 rings (SSSR count). The lowest BCUT2D eigenvalue weighted by Gasteiger charge is -2.28. The van der Waals surface area contributed by atoms with Gasteiger partial charge in [0.2, 0.25) is 5.91 Å². The minimum Gasteiger partial charge on any atom is -0.330 e. The van der Waals surface area contributed by atoms with Gasteiger partial charge in [-0.1, -0.05) is 12.1 Å². The van der Waals surface area contributed by atoms with Crippen LogP contribution in [0, 0.1) is 0 Å². The first-order valence-corrected chi connectivity index (χ1v) is 5.58. The zero-order valence-corrected chi connectivity index (χ0v) is 9.28. The average molecular weight is 219 g/mol. The number of anilines is 1. The Hall–Kier alpha value is -1.39. The topological polar surface area (TPSA) is 72.4 Å². The maximum Gasteiger partial charge on any atom is 0.228 e. The highest BCUT2D eigenvalue weighted by molar-refractivity contribution is 5.96. The normalized spacial score (nSPS) is 15.1. The van der Waals surface area contributed by atoms with E-state index in [9.17, 15) is 4.79 Å². The summed E-state index contributed by atoms with van der Waals surface area (Å²) in [5.41, 5.74) is 14.5. The Bertz CT molecular complexity index is 403. The zero-order chi connectivity index (χ0) is 11.5. The smallest absolute Gasteiger partial charge is 0.228 e. The van der Waals surface area contributed by atoms with Gasteiger partial charge in [-0.2, -0.15) is 0 Å². The first-order valence-electron chi connectivity index (χ1n) is 5.58. The maximum absolute atomic E-state index is 11.6. The van der Waals surface area contributed by atoms with Crippen molar-refractivity contribution in [3.8, 4) is 0 Å². The van der Waals surface area contributed by atoms with Gasteiger partial charge in [-0.05, 0) is 36.6 Å². The molecule has 0 radical (unpaired) electrons. The van der Waals surface area contributed by atoms with Crippen molar-refractivity contribution in [3.05, 3.63) is 29.3 Å². The van der Waals surface area contributed by atoms with Crippen LogP contribution in [0.5, 0.6) is 0 Å². The molecule has 0 aliphatic carbocycles. The Morgan fingerprint density at radius 3 is 2.75 bits per heavy atom. The zero-order valence-electron chi connectivity index (χ0n) is 9.28. The Balaban J connectivity index is 2.34. The Labute approximate surface area is 95.2 Å². The van der Waals surface area contributed by atoms with Crippen LogP contribution in [0.15, 0.2) is 18.2 Å². The van der Waals surface area contributed by atoms with Crippen molar-refractivity contribution in [2.75, 3.05) is 18.1 Å². The molecule has 0 bridgehead atoms. The van der Waals surface area contributed by atoms with Crippen LogP contribution < -0.4 is 16.4 Å². The highest BCUT2D eigenvalue weighted by atomic mass is 16.2. The largest absolute Gasteiger partial charge is 0.330 e. The molecule has 0 unspecified atom stereocenters. The summed E-state index contributed by atoms with van der Waals surface area (Å²) in [6, 6.07) is 6.13. The molecule has 0 spiro atoms. The van der Waals surface area contributed by atoms with E-state index >= 15 is 0 Å². The second-order valence-corrected chi connectivity index (χ2v) is 4.01. The summed E-state index contributed by atoms with van der Waals surface area (Å²) in [5, 5.41) is 0. The van der Waals surface area contributed by atoms with Gasteiger partial charge in [-0.3, -0.25) is 9.69 Å². The molecule has 4 N–H and O–H groups in total. The van der Waals surface area contributed by atoms with Crippen molar-refractivity contribution in [3.63, 3.8) is 0 Å². The maximum atomic E-state index is 11.6. The fraction of sp³-hybridized carbons (Fsp3) is 0.417. The van der Waals surface area contributed by atoms with E-state index in [-0.39, 0.29) is 12.6 Å². The van der Waals surface area contributed by atoms with Gasteiger partial charge in [0.25, 0.3) is 0 Å². The van der Waals surface area contributed by atoms with Gasteiger partial charge < -0.3 is 11.5 Å². The summed E-state index contributed by atoms with van der Waals surface area (Å²) in [6.07, 6.45) is 2.24. The van der Waals surface area contributed by atoms with Crippen molar-refractivity contribution in [1.82, 2.24) is 0 Å². The number of amides is 1. The lowest BCUT2D eigenvalue weighted by atomic mass is 9.98. The van der Waals surface area contributed by atoms with Crippen LogP contribution in [0.4, 0.5) is 5.69 Å². The standard InChI is InChI=1S/C12H17N3O/c13-6-5-9-1-3-11-10(7-9)2-4-12(16)15(11)8-14/h1,3,7H,2,4-6,8,13-14H2. The summed E-state index contributed by atoms with van der Waals surface area (Å²) in [6.45, 7) is 0.903. The molecule has 0 atom stereocenters. The van der Waals surface area contributed by atoms with Gasteiger partial charge in [0.05, 0.1) is 6.67 Å². The first-order chi connectivity index (χ1) is 7.76. The van der Waals surface area contributed by atoms with E-state index in [0.29, 0.717) is 13.0 Å². The van der Waals surface area contributed by atoms with E-state index in [2.05, 4.69) is 6.07 Å². The van der Waals surface area contributed by atoms with E-state index in [1.54, 1.807) is 4.90 Å². The third kappa shape index (κ3) is 1.94. The summed E-state index contributed by atoms with van der Waals surface area (Å²) in [4.78, 5) is 13.3. The van der Waals surface area contributed by atoms with Gasteiger partial charge in [0.15, 0.2) is 0 Å². The number of nitrogens with two attached hydrogens (primary N) is 2. The Kier molecular flexibility index (Phi) is 3.22. The number of rotatable bonds is 3. The van der Waals surface area contributed by atoms with E-state index in [0.717, 1.165) is 18.5 Å². The van der Waals surface area contributed by atoms with E-state index in [1.807, 2.05) is 12.1 Å². The lowest BCUT2D eigenvalue weighted by Crippen LogP contribution is -2.39. The SMILES string of the molecule is NCCc1ccc2c(c1)CCC(=O)N2CN. The van der Waals surface area contributed by atoms with Crippen molar-refractivity contribution in [1.29, 1.82) is 0 Å². The van der Waals surface area contributed by atoms with E-state index < -0.39 is 0 Å². The van der Waals surface area contributed by atoms with Gasteiger partial charge in [0.1, 0.15) is 0 Å². The molecule has 1 aliphatic rings. The van der Waals surface area contributed by atoms with Gasteiger partial charge in [-0.15, -0.1) is 0 Å². The predicted molar refractivity (Wildman–Crippen MR) is 64.1 cm³/mol. The summed E-state index contributed by atoms with van der Waals surface area (Å²) in [7, 11) is 0. The van der Waals surface area contributed by atoms with Crippen molar-refractivity contribution < 1.29 is 4.79 Å². The van der Waals surface area contributed by atoms with E-state index in [1.165, 1.54) is 11.1 Å². The van der Waals surface area contributed by atoms with Crippen molar-refractivity contribution in [2.24, 2.45) is 11.5 Å². The van der Waals surface area contributed by atoms with Crippen LogP contribution >= 0.6 is 0 Å². The highest BCUT2D eigenvalue weighted by Gasteiger charge is 2.22. The molecule has 1 aliphatic heterocycles. The predicted octanol–water partition coefficient (Wildman–Crippen LogP) is 0.383. The molecule has 0 aromatic heterocycles. The van der Waals surface area contributed by atoms with E-state index in [4.69, 9.17) is 11.5 Å². The summed E-state index contributed by atoms with van der Waals surface area (Å²) < 4.78 is 0. The van der Waals surface area contributed by atoms with Crippen LogP contribution in [0.2, 0.25) is 0 Å². The molecule has 16 heavy (non-hydrogen) atoms. The summed E-state index contributed by atoms with van der Waals surface area (Å²) in [5.74, 6) is 0.113. The number of hydrogen-bond acceptors (Lipinski definition) is 3. The highest BCUT2D eigenvalue weighted by Crippen LogP contribution is 2.28. The van der Waals surface area contributed by atoms with Gasteiger partial charge in [-0.25, -0.2) is 0 Å². The minimum absolute atomic E-state index is 0.113. The summed E-state index contributed by atoms with van der Waals surface area (Å²) >= 11 is 0. The molecule has 1 amide bonds. The number of carbonyl (C=O) groups excluding carboxylic acids is 1. The number of aryl methyl sites for hydroxylation is 1. The Morgan fingerprint density at radius 2 is 2.06 bits per heavy atom. The molecular formula is C12H17N3O. The molecular weight excluding hydrogens is 202 g/mol. The number of nitrogens with zero attached hydrogens (tertiary/aromatic N) is 1.